The third-order valence-corrected chi connectivity index (χ3v) is 6.84. The van der Waals surface area contributed by atoms with Gasteiger partial charge in [0.1, 0.15) is 11.9 Å². The van der Waals surface area contributed by atoms with Crippen LogP contribution in [-0.2, 0) is 16.6 Å². The molecule has 2 aromatic rings. The Labute approximate surface area is 189 Å². The van der Waals surface area contributed by atoms with Crippen molar-refractivity contribution >= 4 is 11.7 Å². The molecule has 0 saturated carbocycles. The molecule has 0 spiro atoms. The number of rotatable bonds is 4. The summed E-state index contributed by atoms with van der Waals surface area (Å²) in [5.41, 5.74) is 2.81. The van der Waals surface area contributed by atoms with E-state index in [1.54, 1.807) is 0 Å². The molecule has 1 amide bonds. The summed E-state index contributed by atoms with van der Waals surface area (Å²) < 4.78 is 29.3. The van der Waals surface area contributed by atoms with Gasteiger partial charge in [0, 0.05) is 30.6 Å². The van der Waals surface area contributed by atoms with E-state index in [-0.39, 0.29) is 23.3 Å². The van der Waals surface area contributed by atoms with Gasteiger partial charge in [0.05, 0.1) is 12.1 Å². The molecule has 3 heterocycles. The number of nitrogens with one attached hydrogen (secondary N) is 1. The van der Waals surface area contributed by atoms with Crippen LogP contribution in [0.1, 0.15) is 62.9 Å². The average Bonchev–Trinajstić information content (AvgIpc) is 3.18. The third kappa shape index (κ3) is 4.81. The number of fused-ring (bicyclic) bond motifs is 1. The highest BCUT2D eigenvalue weighted by molar-refractivity contribution is 5.78. The van der Waals surface area contributed by atoms with Crippen molar-refractivity contribution in [1.82, 2.24) is 14.7 Å². The predicted molar refractivity (Wildman–Crippen MR) is 122 cm³/mol. The van der Waals surface area contributed by atoms with Gasteiger partial charge in [-0.1, -0.05) is 50.6 Å². The molecule has 1 N–H and O–H groups in total. The minimum Gasteiger partial charge on any atom is -0.367 e. The molecule has 4 rings (SSSR count). The second kappa shape index (κ2) is 8.83. The number of nitrogens with zero attached hydrogens (tertiary/aromatic N) is 3. The molecule has 1 saturated heterocycles. The number of alkyl halides is 2. The molecule has 2 atom stereocenters. The first-order chi connectivity index (χ1) is 15.1. The number of hydrogen-bond acceptors (Lipinski definition) is 3. The van der Waals surface area contributed by atoms with Crippen LogP contribution in [-0.4, -0.2) is 46.1 Å². The second-order valence-electron chi connectivity index (χ2n) is 10.4. The van der Waals surface area contributed by atoms with Crippen LogP contribution in [0.4, 0.5) is 14.6 Å². The highest BCUT2D eigenvalue weighted by Crippen LogP contribution is 2.38. The molecule has 0 aliphatic carbocycles. The van der Waals surface area contributed by atoms with Gasteiger partial charge in [0.2, 0.25) is 5.91 Å². The fourth-order valence-corrected chi connectivity index (χ4v) is 4.91. The van der Waals surface area contributed by atoms with E-state index < -0.39 is 12.5 Å². The molecule has 2 aliphatic rings. The van der Waals surface area contributed by atoms with Crippen LogP contribution >= 0.6 is 0 Å². The monoisotopic (exact) mass is 444 g/mol. The number of benzene rings is 1. The van der Waals surface area contributed by atoms with E-state index in [0.717, 1.165) is 29.7 Å². The summed E-state index contributed by atoms with van der Waals surface area (Å²) in [5, 5.41) is 8.00. The van der Waals surface area contributed by atoms with Crippen LogP contribution in [0.2, 0.25) is 0 Å². The number of amides is 1. The second-order valence-corrected chi connectivity index (χ2v) is 10.4. The van der Waals surface area contributed by atoms with Gasteiger partial charge < -0.3 is 10.2 Å². The Bertz CT molecular complexity index is 957. The zero-order valence-electron chi connectivity index (χ0n) is 19.4. The van der Waals surface area contributed by atoms with Gasteiger partial charge in [-0.25, -0.2) is 13.5 Å². The Morgan fingerprint density at radius 1 is 1.22 bits per heavy atom. The lowest BCUT2D eigenvalue weighted by Crippen LogP contribution is -2.46. The molecule has 0 unspecified atom stereocenters. The third-order valence-electron chi connectivity index (χ3n) is 6.84. The molecule has 2 aliphatic heterocycles. The van der Waals surface area contributed by atoms with E-state index in [2.05, 4.69) is 16.5 Å². The lowest BCUT2D eigenvalue weighted by molar-refractivity contribution is -0.131. The first kappa shape index (κ1) is 22.7. The molecular weight excluding hydrogens is 410 g/mol. The van der Waals surface area contributed by atoms with Gasteiger partial charge >= 0.3 is 0 Å². The number of carbonyl (C=O) groups is 1. The summed E-state index contributed by atoms with van der Waals surface area (Å²) in [6, 6.07) is 9.03. The standard InChI is InChI=1S/C25H34F2N4O/c1-16-6-5-7-17(12-16)13-23(32)30-10-8-18(9-11-30)19-14-20(24(26)27)31-22(28-19)15-21(29-31)25(2,3)4/h5-7,12,15,18-20,24,28H,8-11,13-14H2,1-4H3/t19-,20+/m0/s1. The highest BCUT2D eigenvalue weighted by atomic mass is 19.3. The van der Waals surface area contributed by atoms with Crippen LogP contribution in [0.25, 0.3) is 0 Å². The van der Waals surface area contributed by atoms with Gasteiger partial charge in [-0.05, 0) is 37.7 Å². The molecule has 174 valence electrons. The van der Waals surface area contributed by atoms with Crippen molar-refractivity contribution in [2.45, 2.75) is 77.3 Å². The molecule has 1 fully saturated rings. The van der Waals surface area contributed by atoms with E-state index in [1.165, 1.54) is 4.68 Å². The van der Waals surface area contributed by atoms with E-state index in [1.807, 2.05) is 56.9 Å². The number of halogens is 2. The number of hydrogen-bond donors (Lipinski definition) is 1. The maximum absolute atomic E-state index is 13.9. The summed E-state index contributed by atoms with van der Waals surface area (Å²) in [4.78, 5) is 14.7. The number of anilines is 1. The quantitative estimate of drug-likeness (QED) is 0.725. The fourth-order valence-electron chi connectivity index (χ4n) is 4.91. The number of likely N-dealkylation sites (tertiary alicyclic amines) is 1. The van der Waals surface area contributed by atoms with Crippen molar-refractivity contribution in [3.63, 3.8) is 0 Å². The average molecular weight is 445 g/mol. The summed E-state index contributed by atoms with van der Waals surface area (Å²) in [6.07, 6.45) is -0.0309. The summed E-state index contributed by atoms with van der Waals surface area (Å²) in [7, 11) is 0. The largest absolute Gasteiger partial charge is 0.367 e. The smallest absolute Gasteiger partial charge is 0.260 e. The van der Waals surface area contributed by atoms with Crippen LogP contribution in [0.5, 0.6) is 0 Å². The zero-order chi connectivity index (χ0) is 23.0. The van der Waals surface area contributed by atoms with Crippen molar-refractivity contribution in [3.05, 3.63) is 47.2 Å². The molecule has 7 heteroatoms. The van der Waals surface area contributed by atoms with Crippen LogP contribution in [0.15, 0.2) is 30.3 Å². The van der Waals surface area contributed by atoms with Crippen molar-refractivity contribution in [1.29, 1.82) is 0 Å². The van der Waals surface area contributed by atoms with Crippen molar-refractivity contribution in [3.8, 4) is 0 Å². The topological polar surface area (TPSA) is 50.2 Å². The predicted octanol–water partition coefficient (Wildman–Crippen LogP) is 4.96. The Hall–Kier alpha value is -2.44. The minimum atomic E-state index is -2.46. The SMILES string of the molecule is Cc1cccc(CC(=O)N2CCC([C@@H]3C[C@H](C(F)F)n4nc(C(C)(C)C)cc4N3)CC2)c1. The number of aryl methyl sites for hydroxylation is 1. The summed E-state index contributed by atoms with van der Waals surface area (Å²) in [5.74, 6) is 1.10. The maximum atomic E-state index is 13.9. The van der Waals surface area contributed by atoms with E-state index in [9.17, 15) is 13.6 Å². The van der Waals surface area contributed by atoms with Gasteiger partial charge in [0.15, 0.2) is 0 Å². The zero-order valence-corrected chi connectivity index (χ0v) is 19.4. The number of carbonyl (C=O) groups excluding carboxylic acids is 1. The number of aromatic nitrogens is 2. The van der Waals surface area contributed by atoms with Crippen molar-refractivity contribution in [2.24, 2.45) is 5.92 Å². The normalized spacial score (nSPS) is 22.0. The Kier molecular flexibility index (Phi) is 6.28. The van der Waals surface area contributed by atoms with Gasteiger partial charge in [-0.2, -0.15) is 5.10 Å². The molecule has 0 radical (unpaired) electrons. The molecule has 5 nitrogen and oxygen atoms in total. The molecule has 32 heavy (non-hydrogen) atoms. The van der Waals surface area contributed by atoms with E-state index in [0.29, 0.717) is 31.7 Å². The van der Waals surface area contributed by atoms with Crippen LogP contribution in [0.3, 0.4) is 0 Å². The summed E-state index contributed by atoms with van der Waals surface area (Å²) in [6.45, 7) is 9.51. The lowest BCUT2D eigenvalue weighted by atomic mass is 9.84. The van der Waals surface area contributed by atoms with Gasteiger partial charge in [-0.15, -0.1) is 0 Å². The maximum Gasteiger partial charge on any atom is 0.260 e. The lowest BCUT2D eigenvalue weighted by Gasteiger charge is -2.40. The molecule has 1 aromatic heterocycles. The van der Waals surface area contributed by atoms with Crippen LogP contribution < -0.4 is 5.32 Å². The number of piperidine rings is 1. The van der Waals surface area contributed by atoms with E-state index >= 15 is 0 Å². The molecule has 0 bridgehead atoms. The van der Waals surface area contributed by atoms with E-state index in [4.69, 9.17) is 0 Å². The minimum absolute atomic E-state index is 0.0277. The Balaban J connectivity index is 1.40. The molecule has 1 aromatic carbocycles. The Morgan fingerprint density at radius 2 is 1.94 bits per heavy atom. The Morgan fingerprint density at radius 3 is 2.56 bits per heavy atom. The van der Waals surface area contributed by atoms with Crippen molar-refractivity contribution < 1.29 is 13.6 Å². The fraction of sp³-hybridized carbons (Fsp3) is 0.600. The van der Waals surface area contributed by atoms with Crippen molar-refractivity contribution in [2.75, 3.05) is 18.4 Å². The van der Waals surface area contributed by atoms with Crippen LogP contribution in [0, 0.1) is 12.8 Å². The molecular formula is C25H34F2N4O. The highest BCUT2D eigenvalue weighted by Gasteiger charge is 2.39. The van der Waals surface area contributed by atoms with Gasteiger partial charge in [-0.3, -0.25) is 4.79 Å². The summed E-state index contributed by atoms with van der Waals surface area (Å²) >= 11 is 0. The first-order valence-corrected chi connectivity index (χ1v) is 11.6. The van der Waals surface area contributed by atoms with Gasteiger partial charge in [0.25, 0.3) is 6.43 Å². The first-order valence-electron chi connectivity index (χ1n) is 11.6.